The lowest BCUT2D eigenvalue weighted by Gasteiger charge is -2.13. The highest BCUT2D eigenvalue weighted by Gasteiger charge is 2.11. The molecule has 0 fully saturated rings. The van der Waals surface area contributed by atoms with Gasteiger partial charge in [-0.25, -0.2) is 13.1 Å². The van der Waals surface area contributed by atoms with Crippen molar-refractivity contribution in [2.45, 2.75) is 46.5 Å². The van der Waals surface area contributed by atoms with E-state index in [0.29, 0.717) is 18.9 Å². The van der Waals surface area contributed by atoms with Crippen LogP contribution in [0.3, 0.4) is 0 Å². The molecule has 0 aliphatic carbocycles. The average Bonchev–Trinajstić information content (AvgIpc) is 2.30. The molecule has 0 aliphatic rings. The van der Waals surface area contributed by atoms with Crippen molar-refractivity contribution >= 4 is 10.0 Å². The second-order valence-corrected chi connectivity index (χ2v) is 6.38. The van der Waals surface area contributed by atoms with Gasteiger partial charge in [-0.05, 0) is 31.8 Å². The number of nitrogens with one attached hydrogen (secondary N) is 2. The Morgan fingerprint density at radius 1 is 1.06 bits per heavy atom. The van der Waals surface area contributed by atoms with Gasteiger partial charge >= 0.3 is 0 Å². The summed E-state index contributed by atoms with van der Waals surface area (Å²) in [6, 6.07) is 0. The molecule has 0 rings (SSSR count). The zero-order chi connectivity index (χ0) is 13.1. The first kappa shape index (κ1) is 16.9. The van der Waals surface area contributed by atoms with E-state index in [1.165, 1.54) is 0 Å². The quantitative estimate of drug-likeness (QED) is 0.559. The van der Waals surface area contributed by atoms with Crippen molar-refractivity contribution in [2.75, 3.05) is 25.4 Å². The molecule has 0 unspecified atom stereocenters. The van der Waals surface area contributed by atoms with Crippen LogP contribution in [0.1, 0.15) is 46.5 Å². The predicted octanol–water partition coefficient (Wildman–Crippen LogP) is 1.73. The maximum absolute atomic E-state index is 11.7. The Labute approximate surface area is 107 Å². The molecular weight excluding hydrogens is 236 g/mol. The van der Waals surface area contributed by atoms with Gasteiger partial charge in [-0.15, -0.1) is 0 Å². The second kappa shape index (κ2) is 9.85. The molecule has 0 atom stereocenters. The first-order chi connectivity index (χ1) is 8.05. The Hall–Kier alpha value is -0.130. The molecular formula is C12H28N2O2S. The molecule has 0 heterocycles. The molecule has 0 radical (unpaired) electrons. The Kier molecular flexibility index (Phi) is 9.78. The van der Waals surface area contributed by atoms with Gasteiger partial charge in [0.1, 0.15) is 0 Å². The van der Waals surface area contributed by atoms with E-state index >= 15 is 0 Å². The fraction of sp³-hybridized carbons (Fsp3) is 1.00. The number of hydrogen-bond acceptors (Lipinski definition) is 3. The third-order valence-electron chi connectivity index (χ3n) is 2.94. The monoisotopic (exact) mass is 264 g/mol. The number of sulfonamides is 1. The van der Waals surface area contributed by atoms with Crippen molar-refractivity contribution in [3.63, 3.8) is 0 Å². The summed E-state index contributed by atoms with van der Waals surface area (Å²) in [5, 5.41) is 3.20. The summed E-state index contributed by atoms with van der Waals surface area (Å²) in [4.78, 5) is 0. The summed E-state index contributed by atoms with van der Waals surface area (Å²) >= 11 is 0. The largest absolute Gasteiger partial charge is 0.317 e. The molecule has 2 N–H and O–H groups in total. The lowest BCUT2D eigenvalue weighted by Crippen LogP contribution is -2.32. The van der Waals surface area contributed by atoms with E-state index < -0.39 is 10.0 Å². The van der Waals surface area contributed by atoms with Crippen LogP contribution in [0.4, 0.5) is 0 Å². The first-order valence-electron chi connectivity index (χ1n) is 6.73. The van der Waals surface area contributed by atoms with Gasteiger partial charge < -0.3 is 5.32 Å². The summed E-state index contributed by atoms with van der Waals surface area (Å²) in [5.41, 5.74) is 0. The van der Waals surface area contributed by atoms with Crippen LogP contribution in [0.2, 0.25) is 0 Å². The molecule has 0 aliphatic heterocycles. The van der Waals surface area contributed by atoms with E-state index in [-0.39, 0.29) is 5.75 Å². The summed E-state index contributed by atoms with van der Waals surface area (Å²) in [7, 11) is -3.07. The normalized spacial score (nSPS) is 12.2. The molecule has 4 nitrogen and oxygen atoms in total. The van der Waals surface area contributed by atoms with Crippen molar-refractivity contribution in [2.24, 2.45) is 5.92 Å². The maximum atomic E-state index is 11.7. The van der Waals surface area contributed by atoms with E-state index in [4.69, 9.17) is 0 Å². The second-order valence-electron chi connectivity index (χ2n) is 4.45. The highest BCUT2D eigenvalue weighted by molar-refractivity contribution is 7.89. The molecule has 0 saturated heterocycles. The van der Waals surface area contributed by atoms with E-state index in [0.717, 1.165) is 32.4 Å². The van der Waals surface area contributed by atoms with Gasteiger partial charge in [0.05, 0.1) is 5.75 Å². The molecule has 0 aromatic rings. The van der Waals surface area contributed by atoms with Crippen molar-refractivity contribution in [1.29, 1.82) is 0 Å². The summed E-state index contributed by atoms with van der Waals surface area (Å²) in [6.45, 7) is 8.61. The van der Waals surface area contributed by atoms with Crippen LogP contribution in [0.5, 0.6) is 0 Å². The van der Waals surface area contributed by atoms with Gasteiger partial charge in [-0.2, -0.15) is 0 Å². The fourth-order valence-electron chi connectivity index (χ4n) is 1.58. The zero-order valence-electron chi connectivity index (χ0n) is 11.5. The van der Waals surface area contributed by atoms with Gasteiger partial charge in [-0.3, -0.25) is 0 Å². The van der Waals surface area contributed by atoms with Gasteiger partial charge in [0.2, 0.25) is 10.0 Å². The van der Waals surface area contributed by atoms with Crippen molar-refractivity contribution in [3.8, 4) is 0 Å². The summed E-state index contributed by atoms with van der Waals surface area (Å²) < 4.78 is 26.0. The van der Waals surface area contributed by atoms with Crippen LogP contribution >= 0.6 is 0 Å². The average molecular weight is 264 g/mol. The predicted molar refractivity (Wildman–Crippen MR) is 73.6 cm³/mol. The van der Waals surface area contributed by atoms with Crippen LogP contribution in [0, 0.1) is 5.92 Å². The van der Waals surface area contributed by atoms with E-state index in [9.17, 15) is 8.42 Å². The number of hydrogen-bond donors (Lipinski definition) is 2. The molecule has 5 heteroatoms. The van der Waals surface area contributed by atoms with E-state index in [1.807, 2.05) is 0 Å². The molecule has 0 spiro atoms. The van der Waals surface area contributed by atoms with Crippen LogP contribution in [-0.2, 0) is 10.0 Å². The highest BCUT2D eigenvalue weighted by Crippen LogP contribution is 2.05. The third-order valence-corrected chi connectivity index (χ3v) is 4.37. The SMILES string of the molecule is CCCNCCCS(=O)(=O)NCC(CC)CC. The Morgan fingerprint density at radius 3 is 2.24 bits per heavy atom. The van der Waals surface area contributed by atoms with Gasteiger partial charge in [-0.1, -0.05) is 33.6 Å². The molecule has 0 bridgehead atoms. The van der Waals surface area contributed by atoms with E-state index in [1.54, 1.807) is 0 Å². The lowest BCUT2D eigenvalue weighted by molar-refractivity contribution is 0.478. The summed E-state index contributed by atoms with van der Waals surface area (Å²) in [5.74, 6) is 0.687. The molecule has 0 aromatic heterocycles. The highest BCUT2D eigenvalue weighted by atomic mass is 32.2. The maximum Gasteiger partial charge on any atom is 0.211 e. The molecule has 104 valence electrons. The van der Waals surface area contributed by atoms with Crippen LogP contribution in [-0.4, -0.2) is 33.8 Å². The molecule has 0 aromatic carbocycles. The topological polar surface area (TPSA) is 58.2 Å². The minimum atomic E-state index is -3.07. The van der Waals surface area contributed by atoms with Crippen molar-refractivity contribution in [3.05, 3.63) is 0 Å². The zero-order valence-corrected chi connectivity index (χ0v) is 12.3. The first-order valence-corrected chi connectivity index (χ1v) is 8.39. The third kappa shape index (κ3) is 9.56. The van der Waals surface area contributed by atoms with Crippen LogP contribution in [0.25, 0.3) is 0 Å². The number of rotatable bonds is 11. The van der Waals surface area contributed by atoms with Gasteiger partial charge in [0.15, 0.2) is 0 Å². The van der Waals surface area contributed by atoms with Gasteiger partial charge in [0, 0.05) is 6.54 Å². The van der Waals surface area contributed by atoms with E-state index in [2.05, 4.69) is 30.8 Å². The minimum Gasteiger partial charge on any atom is -0.317 e. The van der Waals surface area contributed by atoms with Crippen molar-refractivity contribution < 1.29 is 8.42 Å². The fourth-order valence-corrected chi connectivity index (χ4v) is 2.74. The smallest absolute Gasteiger partial charge is 0.211 e. The Balaban J connectivity index is 3.72. The molecule has 0 saturated carbocycles. The van der Waals surface area contributed by atoms with Crippen molar-refractivity contribution in [1.82, 2.24) is 10.0 Å². The van der Waals surface area contributed by atoms with Gasteiger partial charge in [0.25, 0.3) is 0 Å². The minimum absolute atomic E-state index is 0.226. The molecule has 17 heavy (non-hydrogen) atoms. The van der Waals surface area contributed by atoms with Crippen LogP contribution in [0.15, 0.2) is 0 Å². The summed E-state index contributed by atoms with van der Waals surface area (Å²) in [6.07, 6.45) is 3.81. The Morgan fingerprint density at radius 2 is 1.71 bits per heavy atom. The van der Waals surface area contributed by atoms with Crippen LogP contribution < -0.4 is 10.0 Å². The lowest BCUT2D eigenvalue weighted by atomic mass is 10.0. The standard InChI is InChI=1S/C12H28N2O2S/c1-4-8-13-9-7-10-17(15,16)14-11-12(5-2)6-3/h12-14H,4-11H2,1-3H3. The Bertz CT molecular complexity index is 262. The molecule has 0 amide bonds.